The van der Waals surface area contributed by atoms with Gasteiger partial charge in [0.1, 0.15) is 0 Å². The van der Waals surface area contributed by atoms with Crippen LogP contribution in [0.3, 0.4) is 0 Å². The normalized spacial score (nSPS) is 14.6. The SMILES string of the molecule is CCC(C)(NC(=O)Nc1ccc(C)cc1)/C(N)=N/O. The Balaban J connectivity index is 2.71. The minimum absolute atomic E-state index is 0.0333. The van der Waals surface area contributed by atoms with Gasteiger partial charge in [0.05, 0.1) is 5.54 Å². The molecule has 0 spiro atoms. The number of amides is 2. The lowest BCUT2D eigenvalue weighted by atomic mass is 9.98. The van der Waals surface area contributed by atoms with Crippen molar-refractivity contribution in [1.82, 2.24) is 5.32 Å². The first-order chi connectivity index (χ1) is 8.91. The number of amidine groups is 1. The van der Waals surface area contributed by atoms with Gasteiger partial charge in [0.25, 0.3) is 0 Å². The Labute approximate surface area is 112 Å². The van der Waals surface area contributed by atoms with E-state index in [2.05, 4.69) is 15.8 Å². The molecule has 19 heavy (non-hydrogen) atoms. The molecule has 5 N–H and O–H groups in total. The van der Waals surface area contributed by atoms with E-state index in [0.717, 1.165) is 5.56 Å². The van der Waals surface area contributed by atoms with Crippen molar-refractivity contribution in [1.29, 1.82) is 0 Å². The highest BCUT2D eigenvalue weighted by Gasteiger charge is 2.29. The largest absolute Gasteiger partial charge is 0.409 e. The number of benzene rings is 1. The molecule has 1 rings (SSSR count). The first kappa shape index (κ1) is 14.8. The van der Waals surface area contributed by atoms with Gasteiger partial charge >= 0.3 is 6.03 Å². The van der Waals surface area contributed by atoms with Crippen LogP contribution in [0.1, 0.15) is 25.8 Å². The van der Waals surface area contributed by atoms with Crippen molar-refractivity contribution < 1.29 is 10.0 Å². The van der Waals surface area contributed by atoms with Gasteiger partial charge in [0.15, 0.2) is 5.84 Å². The number of rotatable bonds is 4. The Morgan fingerprint density at radius 1 is 1.42 bits per heavy atom. The van der Waals surface area contributed by atoms with Crippen LogP contribution in [-0.2, 0) is 0 Å². The maximum absolute atomic E-state index is 11.9. The molecule has 104 valence electrons. The first-order valence-corrected chi connectivity index (χ1v) is 6.05. The summed E-state index contributed by atoms with van der Waals surface area (Å²) < 4.78 is 0. The number of oxime groups is 1. The van der Waals surface area contributed by atoms with Gasteiger partial charge in [-0.05, 0) is 32.4 Å². The van der Waals surface area contributed by atoms with Crippen LogP contribution in [-0.4, -0.2) is 22.6 Å². The Morgan fingerprint density at radius 3 is 2.47 bits per heavy atom. The molecule has 0 heterocycles. The third-order valence-electron chi connectivity index (χ3n) is 3.08. The predicted molar refractivity (Wildman–Crippen MR) is 75.4 cm³/mol. The van der Waals surface area contributed by atoms with Gasteiger partial charge in [-0.15, -0.1) is 0 Å². The van der Waals surface area contributed by atoms with E-state index in [4.69, 9.17) is 10.9 Å². The van der Waals surface area contributed by atoms with Crippen LogP contribution in [0.2, 0.25) is 0 Å². The van der Waals surface area contributed by atoms with Crippen LogP contribution in [0.5, 0.6) is 0 Å². The summed E-state index contributed by atoms with van der Waals surface area (Å²) in [7, 11) is 0. The quantitative estimate of drug-likeness (QED) is 0.290. The zero-order chi connectivity index (χ0) is 14.5. The van der Waals surface area contributed by atoms with E-state index in [-0.39, 0.29) is 5.84 Å². The smallest absolute Gasteiger partial charge is 0.320 e. The number of urea groups is 1. The average molecular weight is 264 g/mol. The van der Waals surface area contributed by atoms with E-state index in [9.17, 15) is 4.79 Å². The highest BCUT2D eigenvalue weighted by atomic mass is 16.4. The fourth-order valence-electron chi connectivity index (χ4n) is 1.49. The number of hydrogen-bond donors (Lipinski definition) is 4. The number of nitrogens with one attached hydrogen (secondary N) is 2. The van der Waals surface area contributed by atoms with Crippen LogP contribution in [0.25, 0.3) is 0 Å². The fourth-order valence-corrected chi connectivity index (χ4v) is 1.49. The zero-order valence-electron chi connectivity index (χ0n) is 11.4. The molecule has 0 fully saturated rings. The summed E-state index contributed by atoms with van der Waals surface area (Å²) in [5.74, 6) is -0.0333. The van der Waals surface area contributed by atoms with Crippen molar-refractivity contribution in [2.45, 2.75) is 32.7 Å². The van der Waals surface area contributed by atoms with Crippen molar-refractivity contribution in [3.8, 4) is 0 Å². The standard InChI is InChI=1S/C13H20N4O2/c1-4-13(3,11(14)17-19)16-12(18)15-10-7-5-9(2)6-8-10/h5-8,19H,4H2,1-3H3,(H2,14,17)(H2,15,16,18). The minimum atomic E-state index is -0.885. The summed E-state index contributed by atoms with van der Waals surface area (Å²) in [5.41, 5.74) is 6.49. The molecule has 6 heteroatoms. The van der Waals surface area contributed by atoms with Crippen LogP contribution in [0, 0.1) is 6.92 Å². The molecule has 0 saturated carbocycles. The highest BCUT2D eigenvalue weighted by Crippen LogP contribution is 2.12. The Kier molecular flexibility index (Phi) is 4.74. The number of nitrogens with zero attached hydrogens (tertiary/aromatic N) is 1. The van der Waals surface area contributed by atoms with Crippen molar-refractivity contribution in [3.63, 3.8) is 0 Å². The molecule has 0 bridgehead atoms. The van der Waals surface area contributed by atoms with Crippen LogP contribution >= 0.6 is 0 Å². The molecular formula is C13H20N4O2. The van der Waals surface area contributed by atoms with E-state index in [0.29, 0.717) is 12.1 Å². The second-order valence-corrected chi connectivity index (χ2v) is 4.62. The lowest BCUT2D eigenvalue weighted by Crippen LogP contribution is -2.56. The fraction of sp³-hybridized carbons (Fsp3) is 0.385. The molecule has 2 amide bonds. The molecule has 0 aliphatic heterocycles. The third kappa shape index (κ3) is 3.87. The van der Waals surface area contributed by atoms with Crippen molar-refractivity contribution >= 4 is 17.6 Å². The monoisotopic (exact) mass is 264 g/mol. The van der Waals surface area contributed by atoms with Crippen molar-refractivity contribution in [3.05, 3.63) is 29.8 Å². The van der Waals surface area contributed by atoms with E-state index >= 15 is 0 Å². The average Bonchev–Trinajstić information content (AvgIpc) is 2.40. The van der Waals surface area contributed by atoms with Crippen molar-refractivity contribution in [2.75, 3.05) is 5.32 Å². The van der Waals surface area contributed by atoms with Crippen LogP contribution < -0.4 is 16.4 Å². The first-order valence-electron chi connectivity index (χ1n) is 6.05. The summed E-state index contributed by atoms with van der Waals surface area (Å²) in [4.78, 5) is 11.9. The van der Waals surface area contributed by atoms with E-state index in [1.165, 1.54) is 0 Å². The summed E-state index contributed by atoms with van der Waals surface area (Å²) in [6, 6.07) is 7.01. The zero-order valence-corrected chi connectivity index (χ0v) is 11.4. The van der Waals surface area contributed by atoms with Crippen LogP contribution in [0.15, 0.2) is 29.4 Å². The number of anilines is 1. The van der Waals surface area contributed by atoms with Gasteiger partial charge in [0.2, 0.25) is 0 Å². The molecule has 0 radical (unpaired) electrons. The summed E-state index contributed by atoms with van der Waals surface area (Å²) in [6.45, 7) is 5.50. The lowest BCUT2D eigenvalue weighted by molar-refractivity contribution is 0.244. The minimum Gasteiger partial charge on any atom is -0.409 e. The van der Waals surface area contributed by atoms with E-state index < -0.39 is 11.6 Å². The van der Waals surface area contributed by atoms with Gasteiger partial charge < -0.3 is 21.6 Å². The van der Waals surface area contributed by atoms with Crippen LogP contribution in [0.4, 0.5) is 10.5 Å². The molecule has 0 aliphatic rings. The van der Waals surface area contributed by atoms with Gasteiger partial charge in [-0.1, -0.05) is 29.8 Å². The van der Waals surface area contributed by atoms with E-state index in [1.54, 1.807) is 6.92 Å². The summed E-state index contributed by atoms with van der Waals surface area (Å²) in [6.07, 6.45) is 0.504. The predicted octanol–water partition coefficient (Wildman–Crippen LogP) is 2.03. The molecule has 0 aromatic heterocycles. The topological polar surface area (TPSA) is 99.7 Å². The molecular weight excluding hydrogens is 244 g/mol. The van der Waals surface area contributed by atoms with Gasteiger partial charge in [-0.2, -0.15) is 0 Å². The number of carbonyl (C=O) groups is 1. The lowest BCUT2D eigenvalue weighted by Gasteiger charge is -2.28. The maximum atomic E-state index is 11.9. The second kappa shape index (κ2) is 6.08. The Bertz CT molecular complexity index is 470. The van der Waals surface area contributed by atoms with E-state index in [1.807, 2.05) is 38.1 Å². The molecule has 0 aliphatic carbocycles. The number of hydrogen-bond acceptors (Lipinski definition) is 3. The molecule has 1 aromatic carbocycles. The molecule has 1 aromatic rings. The molecule has 1 atom stereocenters. The molecule has 6 nitrogen and oxygen atoms in total. The van der Waals surface area contributed by atoms with Gasteiger partial charge in [0, 0.05) is 5.69 Å². The molecule has 1 unspecified atom stereocenters. The summed E-state index contributed by atoms with van der Waals surface area (Å²) in [5, 5.41) is 17.1. The summed E-state index contributed by atoms with van der Waals surface area (Å²) >= 11 is 0. The second-order valence-electron chi connectivity index (χ2n) is 4.62. The number of carbonyl (C=O) groups excluding carboxylic acids is 1. The van der Waals surface area contributed by atoms with Gasteiger partial charge in [-0.3, -0.25) is 0 Å². The van der Waals surface area contributed by atoms with Crippen molar-refractivity contribution in [2.24, 2.45) is 10.9 Å². The number of nitrogens with two attached hydrogens (primary N) is 1. The Morgan fingerprint density at radius 2 is 2.00 bits per heavy atom. The third-order valence-corrected chi connectivity index (χ3v) is 3.08. The highest BCUT2D eigenvalue weighted by molar-refractivity contribution is 5.97. The number of aryl methyl sites for hydroxylation is 1. The maximum Gasteiger partial charge on any atom is 0.320 e. The Hall–Kier alpha value is -2.24. The molecule has 0 saturated heterocycles. The van der Waals surface area contributed by atoms with Gasteiger partial charge in [-0.25, -0.2) is 4.79 Å².